The highest BCUT2D eigenvalue weighted by Crippen LogP contribution is 2.27. The maximum atomic E-state index is 6.00. The van der Waals surface area contributed by atoms with E-state index >= 15 is 0 Å². The average molecular weight is 275 g/mol. The first kappa shape index (κ1) is 14.8. The first-order valence-electron chi connectivity index (χ1n) is 6.10. The van der Waals surface area contributed by atoms with Gasteiger partial charge in [0.15, 0.2) is 0 Å². The van der Waals surface area contributed by atoms with Gasteiger partial charge >= 0.3 is 0 Å². The van der Waals surface area contributed by atoms with E-state index in [4.69, 9.17) is 29.0 Å². The van der Waals surface area contributed by atoms with E-state index in [1.165, 1.54) is 25.7 Å². The van der Waals surface area contributed by atoms with Crippen LogP contribution < -0.4 is 11.3 Å². The van der Waals surface area contributed by atoms with Crippen LogP contribution in [0.25, 0.3) is 0 Å². The van der Waals surface area contributed by atoms with Crippen molar-refractivity contribution in [3.8, 4) is 0 Å². The van der Waals surface area contributed by atoms with E-state index < -0.39 is 0 Å². The topological polar surface area (TPSA) is 38.0 Å². The number of nitrogens with two attached hydrogens (primary N) is 1. The van der Waals surface area contributed by atoms with Crippen LogP contribution in [-0.4, -0.2) is 0 Å². The molecule has 0 fully saturated rings. The Morgan fingerprint density at radius 1 is 1.18 bits per heavy atom. The standard InChI is InChI=1S/C13H20Cl2N2/c1-2-3-4-5-6-13(17-16)10-7-8-11(14)12(15)9-10/h7-9,13,17H,2-6,16H2,1H3. The molecule has 0 heterocycles. The SMILES string of the molecule is CCCCCCC(NN)c1ccc(Cl)c(Cl)c1. The van der Waals surface area contributed by atoms with E-state index in [1.54, 1.807) is 0 Å². The summed E-state index contributed by atoms with van der Waals surface area (Å²) in [7, 11) is 0. The molecule has 0 saturated heterocycles. The van der Waals surface area contributed by atoms with Crippen LogP contribution in [0.1, 0.15) is 50.6 Å². The zero-order valence-corrected chi connectivity index (χ0v) is 11.7. The van der Waals surface area contributed by atoms with Gasteiger partial charge in [-0.25, -0.2) is 0 Å². The van der Waals surface area contributed by atoms with Gasteiger partial charge in [0.25, 0.3) is 0 Å². The van der Waals surface area contributed by atoms with Gasteiger partial charge in [-0.05, 0) is 24.1 Å². The van der Waals surface area contributed by atoms with Gasteiger partial charge in [-0.1, -0.05) is 61.9 Å². The molecule has 0 saturated carbocycles. The molecule has 0 spiro atoms. The molecule has 0 aliphatic rings. The first-order chi connectivity index (χ1) is 8.19. The summed E-state index contributed by atoms with van der Waals surface area (Å²) in [5, 5.41) is 1.16. The predicted octanol–water partition coefficient (Wildman–Crippen LogP) is 4.47. The fourth-order valence-corrected chi connectivity index (χ4v) is 2.16. The Morgan fingerprint density at radius 3 is 2.53 bits per heavy atom. The summed E-state index contributed by atoms with van der Waals surface area (Å²) in [6.45, 7) is 2.21. The van der Waals surface area contributed by atoms with Gasteiger partial charge < -0.3 is 0 Å². The third-order valence-corrected chi connectivity index (χ3v) is 3.63. The lowest BCUT2D eigenvalue weighted by molar-refractivity contribution is 0.482. The summed E-state index contributed by atoms with van der Waals surface area (Å²) in [4.78, 5) is 0. The van der Waals surface area contributed by atoms with Gasteiger partial charge in [0, 0.05) is 6.04 Å². The molecular weight excluding hydrogens is 255 g/mol. The number of halogens is 2. The number of unbranched alkanes of at least 4 members (excludes halogenated alkanes) is 3. The Morgan fingerprint density at radius 2 is 1.94 bits per heavy atom. The quantitative estimate of drug-likeness (QED) is 0.438. The van der Waals surface area contributed by atoms with Crippen LogP contribution >= 0.6 is 23.2 Å². The molecule has 3 N–H and O–H groups in total. The molecule has 0 aliphatic heterocycles. The van der Waals surface area contributed by atoms with Gasteiger partial charge in [0.2, 0.25) is 0 Å². The normalized spacial score (nSPS) is 12.7. The van der Waals surface area contributed by atoms with Gasteiger partial charge in [0.1, 0.15) is 0 Å². The van der Waals surface area contributed by atoms with E-state index in [1.807, 2.05) is 18.2 Å². The Kier molecular flexibility index (Phi) is 6.90. The molecule has 1 atom stereocenters. The van der Waals surface area contributed by atoms with Crippen LogP contribution in [0, 0.1) is 0 Å². The molecule has 2 nitrogen and oxygen atoms in total. The van der Waals surface area contributed by atoms with E-state index in [2.05, 4.69) is 12.3 Å². The fourth-order valence-electron chi connectivity index (χ4n) is 1.85. The monoisotopic (exact) mass is 274 g/mol. The van der Waals surface area contributed by atoms with Crippen molar-refractivity contribution < 1.29 is 0 Å². The third-order valence-electron chi connectivity index (χ3n) is 2.89. The molecule has 1 aromatic rings. The van der Waals surface area contributed by atoms with Crippen LogP contribution in [0.2, 0.25) is 10.0 Å². The molecular formula is C13H20Cl2N2. The van der Waals surface area contributed by atoms with Crippen molar-refractivity contribution >= 4 is 23.2 Å². The molecule has 0 amide bonds. The summed E-state index contributed by atoms with van der Waals surface area (Å²) in [6.07, 6.45) is 5.96. The van der Waals surface area contributed by atoms with Crippen molar-refractivity contribution in [3.05, 3.63) is 33.8 Å². The second-order valence-corrected chi connectivity index (χ2v) is 5.06. The lowest BCUT2D eigenvalue weighted by Crippen LogP contribution is -2.27. The molecule has 96 valence electrons. The summed E-state index contributed by atoms with van der Waals surface area (Å²) in [6, 6.07) is 5.82. The summed E-state index contributed by atoms with van der Waals surface area (Å²) in [5.41, 5.74) is 3.94. The van der Waals surface area contributed by atoms with E-state index in [0.29, 0.717) is 10.0 Å². The van der Waals surface area contributed by atoms with E-state index in [9.17, 15) is 0 Å². The number of nitrogens with one attached hydrogen (secondary N) is 1. The van der Waals surface area contributed by atoms with Crippen LogP contribution in [0.3, 0.4) is 0 Å². The average Bonchev–Trinajstić information content (AvgIpc) is 2.33. The van der Waals surface area contributed by atoms with Gasteiger partial charge in [-0.2, -0.15) is 0 Å². The molecule has 1 unspecified atom stereocenters. The maximum Gasteiger partial charge on any atom is 0.0595 e. The molecule has 17 heavy (non-hydrogen) atoms. The highest BCUT2D eigenvalue weighted by Gasteiger charge is 2.10. The molecule has 1 aromatic carbocycles. The maximum absolute atomic E-state index is 6.00. The number of hydrazine groups is 1. The number of hydrogen-bond acceptors (Lipinski definition) is 2. The van der Waals surface area contributed by atoms with E-state index in [-0.39, 0.29) is 6.04 Å². The van der Waals surface area contributed by atoms with Crippen molar-refractivity contribution in [1.82, 2.24) is 5.43 Å². The summed E-state index contributed by atoms with van der Waals surface area (Å²) in [5.74, 6) is 5.58. The second-order valence-electron chi connectivity index (χ2n) is 4.24. The van der Waals surface area contributed by atoms with Crippen molar-refractivity contribution in [2.75, 3.05) is 0 Å². The predicted molar refractivity (Wildman–Crippen MR) is 75.3 cm³/mol. The van der Waals surface area contributed by atoms with E-state index in [0.717, 1.165) is 12.0 Å². The molecule has 0 aliphatic carbocycles. The lowest BCUT2D eigenvalue weighted by Gasteiger charge is -2.16. The number of benzene rings is 1. The Labute approximate surface area is 113 Å². The van der Waals surface area contributed by atoms with Crippen LogP contribution in [0.15, 0.2) is 18.2 Å². The Balaban J connectivity index is 2.56. The third kappa shape index (κ3) is 4.84. The van der Waals surface area contributed by atoms with Gasteiger partial charge in [0.05, 0.1) is 10.0 Å². The van der Waals surface area contributed by atoms with Crippen molar-refractivity contribution in [1.29, 1.82) is 0 Å². The Hall–Kier alpha value is -0.280. The number of rotatable bonds is 7. The van der Waals surface area contributed by atoms with Crippen LogP contribution in [0.5, 0.6) is 0 Å². The van der Waals surface area contributed by atoms with Crippen LogP contribution in [-0.2, 0) is 0 Å². The first-order valence-corrected chi connectivity index (χ1v) is 6.85. The molecule has 4 heteroatoms. The summed E-state index contributed by atoms with van der Waals surface area (Å²) >= 11 is 11.9. The minimum atomic E-state index is 0.154. The Bertz CT molecular complexity index is 342. The highest BCUT2D eigenvalue weighted by molar-refractivity contribution is 6.42. The zero-order chi connectivity index (χ0) is 12.7. The van der Waals surface area contributed by atoms with Gasteiger partial charge in [-0.15, -0.1) is 0 Å². The molecule has 0 aromatic heterocycles. The van der Waals surface area contributed by atoms with Crippen molar-refractivity contribution in [3.63, 3.8) is 0 Å². The molecule has 0 radical (unpaired) electrons. The lowest BCUT2D eigenvalue weighted by atomic mass is 10.0. The largest absolute Gasteiger partial charge is 0.271 e. The molecule has 1 rings (SSSR count). The van der Waals surface area contributed by atoms with Crippen molar-refractivity contribution in [2.45, 2.75) is 45.1 Å². The second kappa shape index (κ2) is 7.93. The fraction of sp³-hybridized carbons (Fsp3) is 0.538. The van der Waals surface area contributed by atoms with Gasteiger partial charge in [-0.3, -0.25) is 11.3 Å². The minimum absolute atomic E-state index is 0.154. The molecule has 0 bridgehead atoms. The zero-order valence-electron chi connectivity index (χ0n) is 10.2. The minimum Gasteiger partial charge on any atom is -0.271 e. The van der Waals surface area contributed by atoms with Crippen LogP contribution in [0.4, 0.5) is 0 Å². The highest BCUT2D eigenvalue weighted by atomic mass is 35.5. The number of hydrogen-bond donors (Lipinski definition) is 2. The van der Waals surface area contributed by atoms with Crippen molar-refractivity contribution in [2.24, 2.45) is 5.84 Å². The smallest absolute Gasteiger partial charge is 0.0595 e. The summed E-state index contributed by atoms with van der Waals surface area (Å²) < 4.78 is 0.